The van der Waals surface area contributed by atoms with Crippen LogP contribution in [0.2, 0.25) is 0 Å². The molecule has 1 atom stereocenters. The van der Waals surface area contributed by atoms with Crippen LogP contribution in [0, 0.1) is 0 Å². The summed E-state index contributed by atoms with van der Waals surface area (Å²) < 4.78 is 0. The number of imide groups is 1. The van der Waals surface area contributed by atoms with Gasteiger partial charge in [-0.05, 0) is 35.4 Å². The number of amides is 5. The highest BCUT2D eigenvalue weighted by Gasteiger charge is 2.49. The maximum absolute atomic E-state index is 13.2. The Bertz CT molecular complexity index is 1060. The van der Waals surface area contributed by atoms with Crippen molar-refractivity contribution in [2.75, 3.05) is 32.7 Å². The van der Waals surface area contributed by atoms with Gasteiger partial charge in [0.05, 0.1) is 4.88 Å². The zero-order chi connectivity index (χ0) is 23.8. The molecule has 1 N–H and O–H groups in total. The van der Waals surface area contributed by atoms with Crippen molar-refractivity contribution in [2.24, 2.45) is 0 Å². The van der Waals surface area contributed by atoms with E-state index in [0.29, 0.717) is 42.5 Å². The molecule has 0 aliphatic carbocycles. The van der Waals surface area contributed by atoms with Gasteiger partial charge in [-0.1, -0.05) is 44.2 Å². The molecule has 5 amide bonds. The van der Waals surface area contributed by atoms with Crippen LogP contribution >= 0.6 is 11.3 Å². The van der Waals surface area contributed by atoms with Crippen molar-refractivity contribution in [3.63, 3.8) is 0 Å². The molecule has 2 fully saturated rings. The fourth-order valence-corrected chi connectivity index (χ4v) is 4.88. The predicted molar refractivity (Wildman–Crippen MR) is 125 cm³/mol. The van der Waals surface area contributed by atoms with Gasteiger partial charge in [-0.2, -0.15) is 0 Å². The maximum Gasteiger partial charge on any atom is 0.325 e. The van der Waals surface area contributed by atoms with Crippen molar-refractivity contribution in [3.8, 4) is 0 Å². The van der Waals surface area contributed by atoms with Crippen LogP contribution in [0.4, 0.5) is 4.79 Å². The Balaban J connectivity index is 1.38. The molecule has 0 radical (unpaired) electrons. The molecule has 0 saturated carbocycles. The highest BCUT2D eigenvalue weighted by Crippen LogP contribution is 2.30. The fraction of sp³-hybridized carbons (Fsp3) is 0.417. The molecular formula is C24H28N4O4S. The molecule has 2 aromatic rings. The number of piperazine rings is 1. The van der Waals surface area contributed by atoms with Gasteiger partial charge in [0.25, 0.3) is 11.8 Å². The van der Waals surface area contributed by atoms with Crippen molar-refractivity contribution < 1.29 is 19.2 Å². The Morgan fingerprint density at radius 2 is 1.67 bits per heavy atom. The zero-order valence-corrected chi connectivity index (χ0v) is 19.9. The molecule has 0 bridgehead atoms. The van der Waals surface area contributed by atoms with Crippen LogP contribution in [0.3, 0.4) is 0 Å². The number of nitrogens with zero attached hydrogens (tertiary/aromatic N) is 3. The number of benzene rings is 1. The molecule has 33 heavy (non-hydrogen) atoms. The lowest BCUT2D eigenvalue weighted by molar-refractivity contribution is -0.139. The van der Waals surface area contributed by atoms with E-state index >= 15 is 0 Å². The first-order valence-electron chi connectivity index (χ1n) is 11.1. The Kier molecular flexibility index (Phi) is 6.25. The van der Waals surface area contributed by atoms with Gasteiger partial charge in [0.15, 0.2) is 0 Å². The molecule has 2 saturated heterocycles. The van der Waals surface area contributed by atoms with E-state index in [0.717, 1.165) is 10.5 Å². The molecule has 3 heterocycles. The minimum Gasteiger partial charge on any atom is -0.338 e. The molecule has 1 aromatic carbocycles. The molecule has 0 spiro atoms. The molecule has 2 aliphatic heterocycles. The quantitative estimate of drug-likeness (QED) is 0.683. The first-order chi connectivity index (χ1) is 15.7. The molecule has 9 heteroatoms. The molecule has 174 valence electrons. The van der Waals surface area contributed by atoms with Crippen molar-refractivity contribution in [2.45, 2.75) is 32.2 Å². The lowest BCUT2D eigenvalue weighted by Crippen LogP contribution is -2.53. The number of nitrogens with one attached hydrogen (secondary N) is 1. The smallest absolute Gasteiger partial charge is 0.325 e. The van der Waals surface area contributed by atoms with Crippen LogP contribution in [0.5, 0.6) is 0 Å². The second-order valence-electron chi connectivity index (χ2n) is 8.87. The Morgan fingerprint density at radius 3 is 2.24 bits per heavy atom. The minimum atomic E-state index is -1.21. The van der Waals surface area contributed by atoms with E-state index in [1.807, 2.05) is 35.7 Å². The molecule has 4 rings (SSSR count). The average molecular weight is 469 g/mol. The van der Waals surface area contributed by atoms with Crippen LogP contribution in [0.1, 0.15) is 47.5 Å². The number of rotatable bonds is 5. The van der Waals surface area contributed by atoms with E-state index < -0.39 is 17.5 Å². The van der Waals surface area contributed by atoms with Crippen LogP contribution in [0.15, 0.2) is 41.8 Å². The van der Waals surface area contributed by atoms with Gasteiger partial charge in [0, 0.05) is 26.2 Å². The second kappa shape index (κ2) is 8.97. The summed E-state index contributed by atoms with van der Waals surface area (Å²) in [7, 11) is 0. The zero-order valence-electron chi connectivity index (χ0n) is 19.0. The highest BCUT2D eigenvalue weighted by molar-refractivity contribution is 7.12. The van der Waals surface area contributed by atoms with Gasteiger partial charge >= 0.3 is 6.03 Å². The summed E-state index contributed by atoms with van der Waals surface area (Å²) in [6.45, 7) is 7.10. The Labute approximate surface area is 197 Å². The second-order valence-corrected chi connectivity index (χ2v) is 9.82. The van der Waals surface area contributed by atoms with E-state index in [4.69, 9.17) is 0 Å². The van der Waals surface area contributed by atoms with Gasteiger partial charge in [-0.25, -0.2) is 4.79 Å². The normalized spacial score (nSPS) is 21.0. The van der Waals surface area contributed by atoms with Gasteiger partial charge in [-0.15, -0.1) is 11.3 Å². The SMILES string of the molecule is CC(C)c1ccc(C2(C)NC(=O)N(CC(=O)N3CCN(C(=O)c4cccs4)CC3)C2=O)cc1. The van der Waals surface area contributed by atoms with E-state index in [9.17, 15) is 19.2 Å². The van der Waals surface area contributed by atoms with Crippen molar-refractivity contribution in [1.82, 2.24) is 20.0 Å². The molecule has 1 aromatic heterocycles. The van der Waals surface area contributed by atoms with E-state index in [1.165, 1.54) is 11.3 Å². The minimum absolute atomic E-state index is 0.0366. The number of hydrogen-bond acceptors (Lipinski definition) is 5. The van der Waals surface area contributed by atoms with Crippen LogP contribution in [0.25, 0.3) is 0 Å². The van der Waals surface area contributed by atoms with Gasteiger partial charge in [-0.3, -0.25) is 19.3 Å². The first-order valence-corrected chi connectivity index (χ1v) is 11.9. The summed E-state index contributed by atoms with van der Waals surface area (Å²) in [6, 6.07) is 10.7. The molecule has 1 unspecified atom stereocenters. The topological polar surface area (TPSA) is 90.0 Å². The third kappa shape index (κ3) is 4.37. The number of hydrogen-bond donors (Lipinski definition) is 1. The van der Waals surface area contributed by atoms with Gasteiger partial charge < -0.3 is 15.1 Å². The lowest BCUT2D eigenvalue weighted by atomic mass is 9.90. The summed E-state index contributed by atoms with van der Waals surface area (Å²) in [4.78, 5) is 56.1. The summed E-state index contributed by atoms with van der Waals surface area (Å²) in [5.41, 5.74) is 0.613. The summed E-state index contributed by atoms with van der Waals surface area (Å²) in [5, 5.41) is 4.61. The van der Waals surface area contributed by atoms with E-state index in [1.54, 1.807) is 22.8 Å². The third-order valence-electron chi connectivity index (χ3n) is 6.37. The van der Waals surface area contributed by atoms with Crippen molar-refractivity contribution in [3.05, 3.63) is 57.8 Å². The third-order valence-corrected chi connectivity index (χ3v) is 7.23. The Morgan fingerprint density at radius 1 is 1.03 bits per heavy atom. The van der Waals surface area contributed by atoms with Crippen molar-refractivity contribution >= 4 is 35.1 Å². The average Bonchev–Trinajstić information content (AvgIpc) is 3.42. The fourth-order valence-electron chi connectivity index (χ4n) is 4.19. The summed E-state index contributed by atoms with van der Waals surface area (Å²) in [6.07, 6.45) is 0. The number of carbonyl (C=O) groups excluding carboxylic acids is 4. The first kappa shape index (κ1) is 23.0. The standard InChI is InChI=1S/C24H28N4O4S/c1-16(2)17-6-8-18(9-7-17)24(3)22(31)28(23(32)25-24)15-20(29)26-10-12-27(13-11-26)21(30)19-5-4-14-33-19/h4-9,14,16H,10-13,15H2,1-3H3,(H,25,32). The van der Waals surface area contributed by atoms with Crippen LogP contribution in [-0.4, -0.2) is 71.2 Å². The summed E-state index contributed by atoms with van der Waals surface area (Å²) in [5.74, 6) is -0.424. The summed E-state index contributed by atoms with van der Waals surface area (Å²) >= 11 is 1.39. The number of urea groups is 1. The van der Waals surface area contributed by atoms with Gasteiger partial charge in [0.2, 0.25) is 5.91 Å². The molecular weight excluding hydrogens is 440 g/mol. The Hall–Kier alpha value is -3.20. The molecule has 2 aliphatic rings. The van der Waals surface area contributed by atoms with Crippen molar-refractivity contribution in [1.29, 1.82) is 0 Å². The largest absolute Gasteiger partial charge is 0.338 e. The maximum atomic E-state index is 13.2. The molecule has 8 nitrogen and oxygen atoms in total. The van der Waals surface area contributed by atoms with Gasteiger partial charge in [0.1, 0.15) is 12.1 Å². The predicted octanol–water partition coefficient (Wildman–Crippen LogP) is 2.62. The lowest BCUT2D eigenvalue weighted by Gasteiger charge is -2.35. The highest BCUT2D eigenvalue weighted by atomic mass is 32.1. The van der Waals surface area contributed by atoms with Crippen LogP contribution < -0.4 is 5.32 Å². The monoisotopic (exact) mass is 468 g/mol. The van der Waals surface area contributed by atoms with Crippen LogP contribution in [-0.2, 0) is 15.1 Å². The van der Waals surface area contributed by atoms with E-state index in [2.05, 4.69) is 19.2 Å². The number of thiophene rings is 1. The van der Waals surface area contributed by atoms with E-state index in [-0.39, 0.29) is 18.4 Å². The number of carbonyl (C=O) groups is 4.